The largest absolute Gasteiger partial charge is 0.378 e. The van der Waals surface area contributed by atoms with Crippen molar-refractivity contribution < 1.29 is 27.9 Å². The Kier molecular flexibility index (Phi) is 8.99. The molecule has 0 spiro atoms. The van der Waals surface area contributed by atoms with Crippen LogP contribution in [0, 0.1) is 0 Å². The molecule has 3 fully saturated rings. The van der Waals surface area contributed by atoms with Crippen LogP contribution in [0.4, 0.5) is 26.0 Å². The summed E-state index contributed by atoms with van der Waals surface area (Å²) >= 11 is 0. The van der Waals surface area contributed by atoms with E-state index in [1.54, 1.807) is 6.20 Å². The molecular weight excluding hydrogens is 626 g/mol. The number of carbonyl (C=O) groups is 3. The number of ether oxygens (including phenoxy) is 1. The fourth-order valence-electron chi connectivity index (χ4n) is 6.43. The lowest BCUT2D eigenvalue weighted by Crippen LogP contribution is -2.47. The van der Waals surface area contributed by atoms with Gasteiger partial charge in [0.05, 0.1) is 31.1 Å². The first-order valence-corrected chi connectivity index (χ1v) is 16.1. The van der Waals surface area contributed by atoms with Crippen LogP contribution in [0.3, 0.4) is 0 Å². The molecule has 6 heterocycles. The van der Waals surface area contributed by atoms with E-state index in [-0.39, 0.29) is 29.1 Å². The van der Waals surface area contributed by atoms with Crippen LogP contribution in [0.25, 0.3) is 5.65 Å². The van der Waals surface area contributed by atoms with Crippen molar-refractivity contribution in [3.05, 3.63) is 65.7 Å². The minimum Gasteiger partial charge on any atom is -0.378 e. The van der Waals surface area contributed by atoms with Crippen molar-refractivity contribution in [3.8, 4) is 0 Å². The van der Waals surface area contributed by atoms with Gasteiger partial charge in [-0.25, -0.2) is 18.3 Å². The number of para-hydroxylation sites is 1. The van der Waals surface area contributed by atoms with Crippen molar-refractivity contribution in [1.29, 1.82) is 0 Å². The summed E-state index contributed by atoms with van der Waals surface area (Å²) in [6.07, 6.45) is 3.75. The third kappa shape index (κ3) is 6.71. The number of carbonyl (C=O) groups excluding carboxylic acids is 3. The fraction of sp³-hybridized carbons (Fsp3) is 0.438. The minimum absolute atomic E-state index is 0.0467. The number of likely N-dealkylation sites (tertiary alicyclic amines) is 1. The predicted molar refractivity (Wildman–Crippen MR) is 171 cm³/mol. The topological polar surface area (TPSA) is 151 Å². The molecule has 3 saturated heterocycles. The molecule has 1 aromatic carbocycles. The SMILES string of the molecule is O=C1CCC(Nc2ccccc2CN2CCC(n3cc(NC(=O)c4cnn5ccc(N6CCOCC6)nc45)c(C(F)F)n3)CC2)C(=O)N1. The number of benzene rings is 1. The highest BCUT2D eigenvalue weighted by Crippen LogP contribution is 2.31. The molecular formula is C32H36F2N10O4. The van der Waals surface area contributed by atoms with Crippen molar-refractivity contribution in [1.82, 2.24) is 34.6 Å². The van der Waals surface area contributed by atoms with Gasteiger partial charge in [-0.1, -0.05) is 18.2 Å². The summed E-state index contributed by atoms with van der Waals surface area (Å²) in [6, 6.07) is 8.96. The lowest BCUT2D eigenvalue weighted by Gasteiger charge is -2.33. The van der Waals surface area contributed by atoms with Crippen molar-refractivity contribution >= 4 is 40.6 Å². The lowest BCUT2D eigenvalue weighted by molar-refractivity contribution is -0.133. The summed E-state index contributed by atoms with van der Waals surface area (Å²) in [6.45, 7) is 4.53. The van der Waals surface area contributed by atoms with Gasteiger partial charge in [-0.05, 0) is 37.0 Å². The third-order valence-corrected chi connectivity index (χ3v) is 9.06. The first-order valence-electron chi connectivity index (χ1n) is 16.1. The van der Waals surface area contributed by atoms with Gasteiger partial charge in [-0.3, -0.25) is 29.3 Å². The molecule has 7 rings (SSSR count). The number of halogens is 2. The number of nitrogens with one attached hydrogen (secondary N) is 3. The number of aromatic nitrogens is 5. The van der Waals surface area contributed by atoms with Crippen LogP contribution in [-0.2, 0) is 20.9 Å². The number of amides is 3. The van der Waals surface area contributed by atoms with E-state index in [2.05, 4.69) is 40.9 Å². The highest BCUT2D eigenvalue weighted by Gasteiger charge is 2.29. The number of nitrogens with zero attached hydrogens (tertiary/aromatic N) is 7. The zero-order valence-electron chi connectivity index (χ0n) is 26.1. The maximum atomic E-state index is 14.1. The van der Waals surface area contributed by atoms with E-state index in [1.165, 1.54) is 21.6 Å². The van der Waals surface area contributed by atoms with Crippen LogP contribution < -0.4 is 20.9 Å². The Morgan fingerprint density at radius 2 is 1.83 bits per heavy atom. The Labute approximate surface area is 274 Å². The standard InChI is InChI=1S/C32H36F2N10O4/c33-29(34)28-25(37-31(46)22-17-35-43-12-9-26(38-30(22)43)42-13-15-48-16-14-42)19-44(40-28)21-7-10-41(11-8-21)18-20-3-1-2-4-23(20)36-24-5-6-27(45)39-32(24)47/h1-4,9,12,17,19,21,24,29,36H,5-8,10-11,13-16,18H2,(H,37,46)(H,39,45,47). The van der Waals surface area contributed by atoms with Gasteiger partial charge in [-0.15, -0.1) is 0 Å². The maximum absolute atomic E-state index is 14.1. The zero-order chi connectivity index (χ0) is 33.2. The second kappa shape index (κ2) is 13.6. The summed E-state index contributed by atoms with van der Waals surface area (Å²) in [5.74, 6) is -0.503. The van der Waals surface area contributed by atoms with Crippen molar-refractivity contribution in [2.24, 2.45) is 0 Å². The van der Waals surface area contributed by atoms with Gasteiger partial charge >= 0.3 is 0 Å². The monoisotopic (exact) mass is 662 g/mol. The number of fused-ring (bicyclic) bond motifs is 1. The molecule has 16 heteroatoms. The van der Waals surface area contributed by atoms with E-state index in [0.717, 1.165) is 11.3 Å². The average Bonchev–Trinajstić information content (AvgIpc) is 3.72. The Bertz CT molecular complexity index is 1810. The first-order chi connectivity index (χ1) is 23.3. The smallest absolute Gasteiger partial charge is 0.284 e. The van der Waals surface area contributed by atoms with Crippen molar-refractivity contribution in [3.63, 3.8) is 0 Å². The summed E-state index contributed by atoms with van der Waals surface area (Å²) < 4.78 is 36.7. The van der Waals surface area contributed by atoms with Crippen LogP contribution >= 0.6 is 0 Å². The van der Waals surface area contributed by atoms with E-state index >= 15 is 0 Å². The summed E-state index contributed by atoms with van der Waals surface area (Å²) in [5.41, 5.74) is 1.81. The number of hydrogen-bond acceptors (Lipinski definition) is 10. The zero-order valence-corrected chi connectivity index (χ0v) is 26.1. The van der Waals surface area contributed by atoms with Crippen LogP contribution in [0.15, 0.2) is 48.9 Å². The van der Waals surface area contributed by atoms with Gasteiger partial charge in [0.25, 0.3) is 12.3 Å². The molecule has 14 nitrogen and oxygen atoms in total. The normalized spacial score (nSPS) is 19.6. The molecule has 1 unspecified atom stereocenters. The molecule has 0 aliphatic carbocycles. The molecule has 0 radical (unpaired) electrons. The van der Waals surface area contributed by atoms with Gasteiger partial charge in [-0.2, -0.15) is 10.2 Å². The fourth-order valence-corrected chi connectivity index (χ4v) is 6.43. The van der Waals surface area contributed by atoms with E-state index in [1.807, 2.05) is 30.3 Å². The average molecular weight is 663 g/mol. The minimum atomic E-state index is -2.88. The molecule has 4 aromatic rings. The van der Waals surface area contributed by atoms with Crippen molar-refractivity contribution in [2.45, 2.75) is 50.7 Å². The molecule has 3 aliphatic rings. The number of alkyl halides is 2. The summed E-state index contributed by atoms with van der Waals surface area (Å²) in [5, 5.41) is 16.7. The molecule has 3 N–H and O–H groups in total. The third-order valence-electron chi connectivity index (χ3n) is 9.06. The highest BCUT2D eigenvalue weighted by atomic mass is 19.3. The Hall–Kier alpha value is -4.96. The number of piperidine rings is 2. The predicted octanol–water partition coefficient (Wildman–Crippen LogP) is 3.01. The van der Waals surface area contributed by atoms with Gasteiger partial charge in [0.2, 0.25) is 11.8 Å². The molecule has 3 amide bonds. The molecule has 1 atom stereocenters. The van der Waals surface area contributed by atoms with Gasteiger partial charge in [0.15, 0.2) is 11.3 Å². The molecule has 252 valence electrons. The number of imide groups is 1. The Morgan fingerprint density at radius 1 is 1.04 bits per heavy atom. The maximum Gasteiger partial charge on any atom is 0.284 e. The molecule has 48 heavy (non-hydrogen) atoms. The van der Waals surface area contributed by atoms with E-state index < -0.39 is 24.1 Å². The van der Waals surface area contributed by atoms with Crippen LogP contribution in [-0.4, -0.2) is 92.4 Å². The second-order valence-corrected chi connectivity index (χ2v) is 12.2. The molecule has 3 aromatic heterocycles. The number of morpholine rings is 1. The lowest BCUT2D eigenvalue weighted by atomic mass is 10.0. The molecule has 0 saturated carbocycles. The highest BCUT2D eigenvalue weighted by molar-refractivity contribution is 6.08. The number of hydrogen-bond donors (Lipinski definition) is 3. The van der Waals surface area contributed by atoms with Crippen LogP contribution in [0.1, 0.15) is 59.8 Å². The van der Waals surface area contributed by atoms with Crippen molar-refractivity contribution in [2.75, 3.05) is 54.9 Å². The second-order valence-electron chi connectivity index (χ2n) is 12.2. The van der Waals surface area contributed by atoms with Gasteiger partial charge in [0.1, 0.15) is 17.4 Å². The van der Waals surface area contributed by atoms with Crippen LogP contribution in [0.5, 0.6) is 0 Å². The Morgan fingerprint density at radius 3 is 2.60 bits per heavy atom. The molecule has 0 bridgehead atoms. The van der Waals surface area contributed by atoms with Gasteiger partial charge in [0, 0.05) is 57.2 Å². The van der Waals surface area contributed by atoms with Gasteiger partial charge < -0.3 is 20.3 Å². The quantitative estimate of drug-likeness (QED) is 0.228. The van der Waals surface area contributed by atoms with E-state index in [9.17, 15) is 23.2 Å². The van der Waals surface area contributed by atoms with E-state index in [4.69, 9.17) is 4.74 Å². The summed E-state index contributed by atoms with van der Waals surface area (Å²) in [4.78, 5) is 46.2. The van der Waals surface area contributed by atoms with Crippen LogP contribution in [0.2, 0.25) is 0 Å². The molecule has 3 aliphatic heterocycles. The van der Waals surface area contributed by atoms with E-state index in [0.29, 0.717) is 83.1 Å². The first kappa shape index (κ1) is 31.6. The number of anilines is 3. The Balaban J connectivity index is 1.00. The summed E-state index contributed by atoms with van der Waals surface area (Å²) in [7, 11) is 0. The number of rotatable bonds is 9.